The Hall–Kier alpha value is -1.79. The Morgan fingerprint density at radius 3 is 2.65 bits per heavy atom. The maximum atomic E-state index is 12.6. The van der Waals surface area contributed by atoms with Crippen LogP contribution in [0.25, 0.3) is 0 Å². The van der Waals surface area contributed by atoms with Gasteiger partial charge in [-0.3, -0.25) is 4.79 Å². The van der Waals surface area contributed by atoms with E-state index in [-0.39, 0.29) is 11.9 Å². The predicted molar refractivity (Wildman–Crippen MR) is 74.3 cm³/mol. The Morgan fingerprint density at radius 2 is 2.10 bits per heavy atom. The third-order valence-electron chi connectivity index (χ3n) is 3.60. The normalized spacial score (nSPS) is 21.6. The number of methoxy groups -OCH3 is 2. The molecule has 2 rings (SSSR count). The molecule has 1 aliphatic heterocycles. The van der Waals surface area contributed by atoms with Gasteiger partial charge in [-0.1, -0.05) is 6.07 Å². The lowest BCUT2D eigenvalue weighted by molar-refractivity contribution is 0.0577. The van der Waals surface area contributed by atoms with Crippen LogP contribution in [-0.2, 0) is 0 Å². The fourth-order valence-electron chi connectivity index (χ4n) is 2.44. The lowest BCUT2D eigenvalue weighted by Gasteiger charge is -2.27. The van der Waals surface area contributed by atoms with Gasteiger partial charge in [0.1, 0.15) is 0 Å². The molecule has 1 heterocycles. The maximum Gasteiger partial charge on any atom is 0.257 e. The average molecular weight is 280 g/mol. The summed E-state index contributed by atoms with van der Waals surface area (Å²) in [7, 11) is 4.71. The lowest BCUT2D eigenvalue weighted by Crippen LogP contribution is -2.44. The summed E-state index contributed by atoms with van der Waals surface area (Å²) in [6, 6.07) is 4.93. The fraction of sp³-hybridized carbons (Fsp3) is 0.500. The summed E-state index contributed by atoms with van der Waals surface area (Å²) in [5, 5.41) is 12.9. The Bertz CT molecular complexity index is 492. The summed E-state index contributed by atoms with van der Waals surface area (Å²) in [4.78, 5) is 14.1. The molecule has 1 aromatic carbocycles. The molecule has 2 N–H and O–H groups in total. The van der Waals surface area contributed by atoms with Gasteiger partial charge < -0.3 is 24.8 Å². The Kier molecular flexibility index (Phi) is 4.46. The number of amides is 1. The number of nitrogens with zero attached hydrogens (tertiary/aromatic N) is 1. The molecule has 0 radical (unpaired) electrons. The first-order chi connectivity index (χ1) is 9.60. The number of para-hydroxylation sites is 1. The molecule has 0 saturated carbocycles. The standard InChI is InChI=1S/C14H20N2O4/c1-16(10-7-15-8-11(10)17)14(18)9-5-4-6-12(19-2)13(9)20-3/h4-6,10-11,15,17H,7-8H2,1-3H3/t10-,11-/m1/s1. The van der Waals surface area contributed by atoms with Crippen LogP contribution in [0.5, 0.6) is 11.5 Å². The molecule has 0 unspecified atom stereocenters. The quantitative estimate of drug-likeness (QED) is 0.819. The van der Waals surface area contributed by atoms with E-state index >= 15 is 0 Å². The summed E-state index contributed by atoms with van der Waals surface area (Å²) < 4.78 is 10.5. The number of carbonyl (C=O) groups is 1. The molecule has 2 atom stereocenters. The molecule has 110 valence electrons. The number of ether oxygens (including phenoxy) is 2. The molecule has 1 saturated heterocycles. The van der Waals surface area contributed by atoms with Crippen LogP contribution in [0.2, 0.25) is 0 Å². The van der Waals surface area contributed by atoms with Gasteiger partial charge in [0.25, 0.3) is 5.91 Å². The maximum absolute atomic E-state index is 12.6. The van der Waals surface area contributed by atoms with E-state index in [4.69, 9.17) is 9.47 Å². The zero-order valence-electron chi connectivity index (χ0n) is 11.9. The molecular weight excluding hydrogens is 260 g/mol. The van der Waals surface area contributed by atoms with Crippen LogP contribution in [0.3, 0.4) is 0 Å². The molecule has 0 aliphatic carbocycles. The van der Waals surface area contributed by atoms with Crippen LogP contribution in [0.4, 0.5) is 0 Å². The van der Waals surface area contributed by atoms with E-state index < -0.39 is 6.10 Å². The van der Waals surface area contributed by atoms with Crippen molar-refractivity contribution in [3.05, 3.63) is 23.8 Å². The molecule has 0 spiro atoms. The van der Waals surface area contributed by atoms with Crippen molar-refractivity contribution in [2.45, 2.75) is 12.1 Å². The van der Waals surface area contributed by atoms with Crippen molar-refractivity contribution < 1.29 is 19.4 Å². The molecule has 0 bridgehead atoms. The van der Waals surface area contributed by atoms with Crippen molar-refractivity contribution >= 4 is 5.91 Å². The highest BCUT2D eigenvalue weighted by molar-refractivity contribution is 5.98. The van der Waals surface area contributed by atoms with E-state index in [0.29, 0.717) is 30.2 Å². The van der Waals surface area contributed by atoms with Crippen molar-refractivity contribution in [1.29, 1.82) is 0 Å². The van der Waals surface area contributed by atoms with E-state index in [1.54, 1.807) is 30.1 Å². The summed E-state index contributed by atoms with van der Waals surface area (Å²) in [6.07, 6.45) is -0.555. The fourth-order valence-corrected chi connectivity index (χ4v) is 2.44. The second kappa shape index (κ2) is 6.11. The molecule has 6 heteroatoms. The van der Waals surface area contributed by atoms with Crippen molar-refractivity contribution in [2.24, 2.45) is 0 Å². The number of nitrogens with one attached hydrogen (secondary N) is 1. The smallest absolute Gasteiger partial charge is 0.257 e. The van der Waals surface area contributed by atoms with Crippen molar-refractivity contribution in [2.75, 3.05) is 34.4 Å². The number of aliphatic hydroxyl groups is 1. The second-order valence-electron chi connectivity index (χ2n) is 4.75. The summed E-state index contributed by atoms with van der Waals surface area (Å²) in [6.45, 7) is 1.08. The van der Waals surface area contributed by atoms with Gasteiger partial charge in [0, 0.05) is 20.1 Å². The van der Waals surface area contributed by atoms with Crippen LogP contribution < -0.4 is 14.8 Å². The SMILES string of the molecule is COc1cccc(C(=O)N(C)[C@@H]2CNC[C@H]2O)c1OC. The second-order valence-corrected chi connectivity index (χ2v) is 4.75. The lowest BCUT2D eigenvalue weighted by atomic mass is 10.1. The van der Waals surface area contributed by atoms with Gasteiger partial charge in [-0.2, -0.15) is 0 Å². The first kappa shape index (κ1) is 14.6. The Balaban J connectivity index is 2.28. The van der Waals surface area contributed by atoms with Gasteiger partial charge in [0.15, 0.2) is 11.5 Å². The minimum Gasteiger partial charge on any atom is -0.493 e. The molecular formula is C14H20N2O4. The highest BCUT2D eigenvalue weighted by Gasteiger charge is 2.32. The van der Waals surface area contributed by atoms with Crippen LogP contribution in [0.15, 0.2) is 18.2 Å². The van der Waals surface area contributed by atoms with E-state index in [1.807, 2.05) is 0 Å². The zero-order valence-corrected chi connectivity index (χ0v) is 11.9. The van der Waals surface area contributed by atoms with Crippen LogP contribution in [0.1, 0.15) is 10.4 Å². The average Bonchev–Trinajstić information content (AvgIpc) is 2.90. The summed E-state index contributed by atoms with van der Waals surface area (Å²) in [5.74, 6) is 0.720. The summed E-state index contributed by atoms with van der Waals surface area (Å²) in [5.41, 5.74) is 0.424. The van der Waals surface area contributed by atoms with Crippen molar-refractivity contribution in [3.8, 4) is 11.5 Å². The van der Waals surface area contributed by atoms with Gasteiger partial charge in [-0.05, 0) is 12.1 Å². The van der Waals surface area contributed by atoms with Gasteiger partial charge in [0.05, 0.1) is 31.9 Å². The minimum absolute atomic E-state index is 0.200. The molecule has 1 aromatic rings. The number of aliphatic hydroxyl groups excluding tert-OH is 1. The monoisotopic (exact) mass is 280 g/mol. The van der Waals surface area contributed by atoms with Crippen LogP contribution in [0, 0.1) is 0 Å². The number of rotatable bonds is 4. The number of hydrogen-bond acceptors (Lipinski definition) is 5. The minimum atomic E-state index is -0.555. The number of hydrogen-bond donors (Lipinski definition) is 2. The zero-order chi connectivity index (χ0) is 14.7. The molecule has 1 fully saturated rings. The first-order valence-corrected chi connectivity index (χ1v) is 6.47. The van der Waals surface area contributed by atoms with Crippen LogP contribution >= 0.6 is 0 Å². The number of benzene rings is 1. The molecule has 1 aliphatic rings. The first-order valence-electron chi connectivity index (χ1n) is 6.47. The highest BCUT2D eigenvalue weighted by Crippen LogP contribution is 2.31. The Labute approximate surface area is 118 Å². The van der Waals surface area contributed by atoms with E-state index in [9.17, 15) is 9.90 Å². The van der Waals surface area contributed by atoms with Gasteiger partial charge in [0.2, 0.25) is 0 Å². The third kappa shape index (κ3) is 2.57. The van der Waals surface area contributed by atoms with Crippen LogP contribution in [-0.4, -0.2) is 62.4 Å². The van der Waals surface area contributed by atoms with Gasteiger partial charge in [-0.15, -0.1) is 0 Å². The van der Waals surface area contributed by atoms with Gasteiger partial charge in [-0.25, -0.2) is 0 Å². The topological polar surface area (TPSA) is 71.0 Å². The number of carbonyl (C=O) groups excluding carboxylic acids is 1. The molecule has 1 amide bonds. The predicted octanol–water partition coefficient (Wildman–Crippen LogP) is 0.108. The highest BCUT2D eigenvalue weighted by atomic mass is 16.5. The van der Waals surface area contributed by atoms with Gasteiger partial charge >= 0.3 is 0 Å². The Morgan fingerprint density at radius 1 is 1.35 bits per heavy atom. The van der Waals surface area contributed by atoms with Crippen molar-refractivity contribution in [3.63, 3.8) is 0 Å². The largest absolute Gasteiger partial charge is 0.493 e. The molecule has 6 nitrogen and oxygen atoms in total. The van der Waals surface area contributed by atoms with E-state index in [2.05, 4.69) is 5.32 Å². The molecule has 20 heavy (non-hydrogen) atoms. The van der Waals surface area contributed by atoms with E-state index in [0.717, 1.165) is 0 Å². The number of β-amino-alcohol motifs (C(OH)–C–C–N with tert-alkyl or cyclic N) is 1. The van der Waals surface area contributed by atoms with Crippen molar-refractivity contribution in [1.82, 2.24) is 10.2 Å². The molecule has 0 aromatic heterocycles. The third-order valence-corrected chi connectivity index (χ3v) is 3.60. The summed E-state index contributed by atoms with van der Waals surface area (Å²) >= 11 is 0. The number of likely N-dealkylation sites (N-methyl/N-ethyl adjacent to an activating group) is 1. The van der Waals surface area contributed by atoms with E-state index in [1.165, 1.54) is 14.2 Å².